The monoisotopic (exact) mass is 251 g/mol. The van der Waals surface area contributed by atoms with Crippen LogP contribution in [0.15, 0.2) is 18.5 Å². The normalized spacial score (nSPS) is 11.7. The van der Waals surface area contributed by atoms with Gasteiger partial charge in [0.05, 0.1) is 17.4 Å². The number of hydrogen-bond acceptors (Lipinski definition) is 3. The molecule has 18 heavy (non-hydrogen) atoms. The molecular formula is C12H17N3O3. The van der Waals surface area contributed by atoms with E-state index in [1.165, 1.54) is 18.5 Å². The molecule has 1 heterocycles. The van der Waals surface area contributed by atoms with Crippen molar-refractivity contribution >= 4 is 17.7 Å². The fraction of sp³-hybridized carbons (Fsp3) is 0.417. The van der Waals surface area contributed by atoms with Crippen molar-refractivity contribution < 1.29 is 14.7 Å². The number of rotatable bonds is 5. The van der Waals surface area contributed by atoms with Crippen LogP contribution < -0.4 is 10.6 Å². The lowest BCUT2D eigenvalue weighted by atomic mass is 10.2. The summed E-state index contributed by atoms with van der Waals surface area (Å²) < 4.78 is 0. The maximum absolute atomic E-state index is 11.6. The van der Waals surface area contributed by atoms with Crippen LogP contribution in [0.3, 0.4) is 0 Å². The molecule has 0 radical (unpaired) electrons. The molecule has 3 N–H and O–H groups in total. The van der Waals surface area contributed by atoms with Crippen LogP contribution in [0.25, 0.3) is 0 Å². The number of pyridine rings is 1. The summed E-state index contributed by atoms with van der Waals surface area (Å²) in [5.74, 6) is -1.08. The molecule has 0 aliphatic heterocycles. The average molecular weight is 251 g/mol. The molecule has 0 aliphatic rings. The predicted octanol–water partition coefficient (Wildman–Crippen LogP) is 2.09. The number of carboxylic acid groups (broad SMARTS) is 1. The molecule has 2 amide bonds. The Labute approximate surface area is 105 Å². The minimum Gasteiger partial charge on any atom is -0.478 e. The number of nitrogens with zero attached hydrogens (tertiary/aromatic N) is 1. The van der Waals surface area contributed by atoms with Crippen LogP contribution in [-0.4, -0.2) is 28.1 Å². The number of carboxylic acids is 1. The van der Waals surface area contributed by atoms with Gasteiger partial charge in [-0.15, -0.1) is 0 Å². The van der Waals surface area contributed by atoms with Crippen molar-refractivity contribution in [2.45, 2.75) is 32.7 Å². The molecule has 0 saturated heterocycles. The highest BCUT2D eigenvalue weighted by Gasteiger charge is 2.08. The third-order valence-electron chi connectivity index (χ3n) is 2.34. The summed E-state index contributed by atoms with van der Waals surface area (Å²) in [7, 11) is 0. The molecule has 0 saturated carbocycles. The lowest BCUT2D eigenvalue weighted by Gasteiger charge is -2.13. The van der Waals surface area contributed by atoms with Crippen LogP contribution in [0, 0.1) is 0 Å². The molecule has 1 rings (SSSR count). The maximum Gasteiger partial charge on any atom is 0.337 e. The Kier molecular flexibility index (Phi) is 5.10. The zero-order chi connectivity index (χ0) is 13.5. The van der Waals surface area contributed by atoms with E-state index in [0.717, 1.165) is 12.8 Å². The minimum absolute atomic E-state index is 0.0365. The number of amides is 2. The molecule has 1 atom stereocenters. The Morgan fingerprint density at radius 2 is 2.17 bits per heavy atom. The molecule has 98 valence electrons. The SMILES string of the molecule is CCCC(C)NC(=O)Nc1cncc(C(=O)O)c1. The van der Waals surface area contributed by atoms with E-state index in [-0.39, 0.29) is 17.6 Å². The second-order valence-corrected chi connectivity index (χ2v) is 4.06. The molecule has 1 unspecified atom stereocenters. The van der Waals surface area contributed by atoms with E-state index in [2.05, 4.69) is 15.6 Å². The van der Waals surface area contributed by atoms with E-state index in [1.54, 1.807) is 0 Å². The van der Waals surface area contributed by atoms with Crippen molar-refractivity contribution in [3.8, 4) is 0 Å². The van der Waals surface area contributed by atoms with Crippen LogP contribution in [0.4, 0.5) is 10.5 Å². The van der Waals surface area contributed by atoms with Gasteiger partial charge >= 0.3 is 12.0 Å². The van der Waals surface area contributed by atoms with Gasteiger partial charge in [0, 0.05) is 12.2 Å². The first-order valence-corrected chi connectivity index (χ1v) is 5.78. The smallest absolute Gasteiger partial charge is 0.337 e. The molecule has 0 bridgehead atoms. The summed E-state index contributed by atoms with van der Waals surface area (Å²) in [5, 5.41) is 14.1. The standard InChI is InChI=1S/C12H17N3O3/c1-3-4-8(2)14-12(18)15-10-5-9(11(16)17)6-13-7-10/h5-8H,3-4H2,1-2H3,(H,16,17)(H2,14,15,18). The quantitative estimate of drug-likeness (QED) is 0.747. The van der Waals surface area contributed by atoms with Crippen molar-refractivity contribution in [1.29, 1.82) is 0 Å². The second-order valence-electron chi connectivity index (χ2n) is 4.06. The molecule has 0 spiro atoms. The molecule has 1 aromatic heterocycles. The first-order valence-electron chi connectivity index (χ1n) is 5.78. The summed E-state index contributed by atoms with van der Waals surface area (Å²) in [6.07, 6.45) is 4.50. The Hall–Kier alpha value is -2.11. The molecular weight excluding hydrogens is 234 g/mol. The Bertz CT molecular complexity index is 434. The number of carbonyl (C=O) groups excluding carboxylic acids is 1. The molecule has 6 heteroatoms. The van der Waals surface area contributed by atoms with Gasteiger partial charge in [0.1, 0.15) is 0 Å². The average Bonchev–Trinajstić information content (AvgIpc) is 2.29. The van der Waals surface area contributed by atoms with Gasteiger partial charge in [-0.25, -0.2) is 9.59 Å². The van der Waals surface area contributed by atoms with Gasteiger partial charge in [-0.2, -0.15) is 0 Å². The van der Waals surface area contributed by atoms with Crippen molar-refractivity contribution in [2.24, 2.45) is 0 Å². The topological polar surface area (TPSA) is 91.3 Å². The van der Waals surface area contributed by atoms with Crippen molar-refractivity contribution in [2.75, 3.05) is 5.32 Å². The summed E-state index contributed by atoms with van der Waals surface area (Å²) in [4.78, 5) is 26.1. The van der Waals surface area contributed by atoms with Crippen molar-refractivity contribution in [3.05, 3.63) is 24.0 Å². The van der Waals surface area contributed by atoms with E-state index in [0.29, 0.717) is 5.69 Å². The lowest BCUT2D eigenvalue weighted by Crippen LogP contribution is -2.36. The van der Waals surface area contributed by atoms with E-state index < -0.39 is 5.97 Å². The first kappa shape index (κ1) is 14.0. The van der Waals surface area contributed by atoms with Gasteiger partial charge in [0.15, 0.2) is 0 Å². The van der Waals surface area contributed by atoms with E-state index in [1.807, 2.05) is 13.8 Å². The highest BCUT2D eigenvalue weighted by molar-refractivity contribution is 5.92. The first-order chi connectivity index (χ1) is 8.52. The fourth-order valence-corrected chi connectivity index (χ4v) is 1.52. The van der Waals surface area contributed by atoms with Crippen molar-refractivity contribution in [1.82, 2.24) is 10.3 Å². The largest absolute Gasteiger partial charge is 0.478 e. The second kappa shape index (κ2) is 6.58. The molecule has 1 aromatic rings. The Morgan fingerprint density at radius 3 is 2.78 bits per heavy atom. The molecule has 0 aliphatic carbocycles. The predicted molar refractivity (Wildman–Crippen MR) is 67.7 cm³/mol. The number of nitrogens with one attached hydrogen (secondary N) is 2. The van der Waals surface area contributed by atoms with Crippen LogP contribution in [0.5, 0.6) is 0 Å². The zero-order valence-electron chi connectivity index (χ0n) is 10.4. The van der Waals surface area contributed by atoms with Gasteiger partial charge in [-0.05, 0) is 19.4 Å². The summed E-state index contributed by atoms with van der Waals surface area (Å²) in [6.45, 7) is 3.95. The van der Waals surface area contributed by atoms with Gasteiger partial charge in [-0.3, -0.25) is 4.98 Å². The lowest BCUT2D eigenvalue weighted by molar-refractivity contribution is 0.0696. The van der Waals surface area contributed by atoms with E-state index in [4.69, 9.17) is 5.11 Å². The van der Waals surface area contributed by atoms with Gasteiger partial charge in [0.25, 0.3) is 0 Å². The number of aromatic carboxylic acids is 1. The van der Waals surface area contributed by atoms with Gasteiger partial charge < -0.3 is 15.7 Å². The molecule has 6 nitrogen and oxygen atoms in total. The summed E-state index contributed by atoms with van der Waals surface area (Å²) in [5.41, 5.74) is 0.394. The maximum atomic E-state index is 11.6. The van der Waals surface area contributed by atoms with Crippen LogP contribution in [0.2, 0.25) is 0 Å². The Balaban J connectivity index is 2.59. The zero-order valence-corrected chi connectivity index (χ0v) is 10.4. The highest BCUT2D eigenvalue weighted by Crippen LogP contribution is 2.08. The highest BCUT2D eigenvalue weighted by atomic mass is 16.4. The van der Waals surface area contributed by atoms with Gasteiger partial charge in [0.2, 0.25) is 0 Å². The van der Waals surface area contributed by atoms with Crippen LogP contribution in [-0.2, 0) is 0 Å². The van der Waals surface area contributed by atoms with Crippen molar-refractivity contribution in [3.63, 3.8) is 0 Å². The van der Waals surface area contributed by atoms with Crippen LogP contribution >= 0.6 is 0 Å². The Morgan fingerprint density at radius 1 is 1.44 bits per heavy atom. The number of anilines is 1. The summed E-state index contributed by atoms with van der Waals surface area (Å²) in [6, 6.07) is 1.07. The number of urea groups is 1. The molecule has 0 fully saturated rings. The van der Waals surface area contributed by atoms with E-state index >= 15 is 0 Å². The third-order valence-corrected chi connectivity index (χ3v) is 2.34. The minimum atomic E-state index is -1.08. The van der Waals surface area contributed by atoms with Crippen LogP contribution in [0.1, 0.15) is 37.0 Å². The summed E-state index contributed by atoms with van der Waals surface area (Å²) >= 11 is 0. The number of aromatic nitrogens is 1. The molecule has 0 aromatic carbocycles. The third kappa shape index (κ3) is 4.40. The van der Waals surface area contributed by atoms with E-state index in [9.17, 15) is 9.59 Å². The fourth-order valence-electron chi connectivity index (χ4n) is 1.52. The number of hydrogen-bond donors (Lipinski definition) is 3. The van der Waals surface area contributed by atoms with Gasteiger partial charge in [-0.1, -0.05) is 13.3 Å². The number of carbonyl (C=O) groups is 2.